The molecule has 0 spiro atoms. The van der Waals surface area contributed by atoms with Gasteiger partial charge < -0.3 is 4.74 Å². The summed E-state index contributed by atoms with van der Waals surface area (Å²) in [6, 6.07) is 7.39. The number of halogens is 3. The van der Waals surface area contributed by atoms with Crippen molar-refractivity contribution in [3.05, 3.63) is 29.8 Å². The summed E-state index contributed by atoms with van der Waals surface area (Å²) in [5.74, 6) is 0.755. The first-order chi connectivity index (χ1) is 6.68. The van der Waals surface area contributed by atoms with Crippen molar-refractivity contribution in [3.8, 4) is 5.75 Å². The van der Waals surface area contributed by atoms with Gasteiger partial charge in [0.25, 0.3) is 0 Å². The van der Waals surface area contributed by atoms with Crippen LogP contribution in [0.15, 0.2) is 24.3 Å². The van der Waals surface area contributed by atoms with E-state index < -0.39 is 3.24 Å². The number of rotatable bonds is 2. The Morgan fingerprint density at radius 3 is 2.27 bits per heavy atom. The van der Waals surface area contributed by atoms with E-state index in [1.807, 2.05) is 45.0 Å². The van der Waals surface area contributed by atoms with E-state index in [0.29, 0.717) is 0 Å². The van der Waals surface area contributed by atoms with Gasteiger partial charge in [-0.25, -0.2) is 0 Å². The third kappa shape index (κ3) is 4.62. The average molecular weight is 312 g/mol. The number of alkyl halides is 3. The van der Waals surface area contributed by atoms with E-state index in [2.05, 4.69) is 15.9 Å². The van der Waals surface area contributed by atoms with Gasteiger partial charge in [-0.2, -0.15) is 0 Å². The predicted octanol–water partition coefficient (Wildman–Crippen LogP) is 4.85. The largest absolute Gasteiger partial charge is 0.488 e. The van der Waals surface area contributed by atoms with Gasteiger partial charge in [-0.3, -0.25) is 0 Å². The van der Waals surface area contributed by atoms with Crippen LogP contribution in [0.3, 0.4) is 0 Å². The standard InChI is InChI=1S/C11H13BrCl2O/c1-10(2,3)15-9-6-4-5-8(7-9)11(12,13)14/h4-7H,1-3H3. The second-order valence-electron chi connectivity index (χ2n) is 4.24. The van der Waals surface area contributed by atoms with Gasteiger partial charge >= 0.3 is 0 Å². The zero-order chi connectivity index (χ0) is 11.7. The maximum Gasteiger partial charge on any atom is 0.197 e. The molecule has 0 amide bonds. The first-order valence-corrected chi connectivity index (χ1v) is 6.10. The molecular formula is C11H13BrCl2O. The van der Waals surface area contributed by atoms with Crippen molar-refractivity contribution in [2.45, 2.75) is 29.6 Å². The van der Waals surface area contributed by atoms with Crippen molar-refractivity contribution in [2.75, 3.05) is 0 Å². The lowest BCUT2D eigenvalue weighted by Crippen LogP contribution is -2.23. The molecular weight excluding hydrogens is 299 g/mol. The van der Waals surface area contributed by atoms with Gasteiger partial charge in [0.1, 0.15) is 11.4 Å². The zero-order valence-electron chi connectivity index (χ0n) is 8.85. The lowest BCUT2D eigenvalue weighted by atomic mass is 10.2. The Labute approximate surface area is 109 Å². The van der Waals surface area contributed by atoms with E-state index in [9.17, 15) is 0 Å². The molecule has 84 valence electrons. The molecule has 0 heterocycles. The highest BCUT2D eigenvalue weighted by molar-refractivity contribution is 9.10. The molecule has 0 saturated heterocycles. The highest BCUT2D eigenvalue weighted by Gasteiger charge is 2.23. The molecule has 0 aliphatic rings. The van der Waals surface area contributed by atoms with Gasteiger partial charge in [0, 0.05) is 5.56 Å². The molecule has 0 fully saturated rings. The van der Waals surface area contributed by atoms with Crippen LogP contribution >= 0.6 is 39.1 Å². The Balaban J connectivity index is 2.94. The molecule has 0 N–H and O–H groups in total. The van der Waals surface area contributed by atoms with Gasteiger partial charge in [0.15, 0.2) is 3.24 Å². The SMILES string of the molecule is CC(C)(C)Oc1cccc(C(Cl)(Cl)Br)c1. The molecule has 0 aliphatic heterocycles. The summed E-state index contributed by atoms with van der Waals surface area (Å²) in [7, 11) is 0. The van der Waals surface area contributed by atoms with Crippen molar-refractivity contribution >= 4 is 39.1 Å². The fourth-order valence-corrected chi connectivity index (χ4v) is 1.57. The Hall–Kier alpha value is 0.0800. The third-order valence-corrected chi connectivity index (χ3v) is 2.48. The number of hydrogen-bond acceptors (Lipinski definition) is 1. The lowest BCUT2D eigenvalue weighted by Gasteiger charge is -2.22. The molecule has 0 aromatic heterocycles. The average Bonchev–Trinajstić information content (AvgIpc) is 1.99. The van der Waals surface area contributed by atoms with Gasteiger partial charge in [-0.1, -0.05) is 35.3 Å². The predicted molar refractivity (Wildman–Crippen MR) is 69.1 cm³/mol. The Bertz CT molecular complexity index is 339. The van der Waals surface area contributed by atoms with Crippen LogP contribution in [0.4, 0.5) is 0 Å². The van der Waals surface area contributed by atoms with Crippen molar-refractivity contribution in [1.29, 1.82) is 0 Å². The molecule has 0 bridgehead atoms. The van der Waals surface area contributed by atoms with Crippen LogP contribution in [0.25, 0.3) is 0 Å². The van der Waals surface area contributed by atoms with E-state index in [0.717, 1.165) is 11.3 Å². The van der Waals surface area contributed by atoms with Gasteiger partial charge in [-0.15, -0.1) is 0 Å². The van der Waals surface area contributed by atoms with Crippen LogP contribution in [0.1, 0.15) is 26.3 Å². The quantitative estimate of drug-likeness (QED) is 0.710. The normalized spacial score (nSPS) is 12.7. The van der Waals surface area contributed by atoms with Crippen LogP contribution in [0.5, 0.6) is 5.75 Å². The second kappa shape index (κ2) is 4.52. The fraction of sp³-hybridized carbons (Fsp3) is 0.455. The van der Waals surface area contributed by atoms with Gasteiger partial charge in [0.05, 0.1) is 0 Å². The van der Waals surface area contributed by atoms with Crippen molar-refractivity contribution < 1.29 is 4.74 Å². The Morgan fingerprint density at radius 1 is 1.20 bits per heavy atom. The van der Waals surface area contributed by atoms with E-state index in [-0.39, 0.29) is 5.60 Å². The summed E-state index contributed by atoms with van der Waals surface area (Å²) in [5, 5.41) is 0. The third-order valence-electron chi connectivity index (χ3n) is 1.59. The van der Waals surface area contributed by atoms with Crippen LogP contribution in [0.2, 0.25) is 0 Å². The maximum atomic E-state index is 5.93. The highest BCUT2D eigenvalue weighted by atomic mass is 79.9. The summed E-state index contributed by atoms with van der Waals surface area (Å²) in [5.41, 5.74) is 0.527. The molecule has 0 radical (unpaired) electrons. The molecule has 0 saturated carbocycles. The van der Waals surface area contributed by atoms with Crippen molar-refractivity contribution in [3.63, 3.8) is 0 Å². The molecule has 0 atom stereocenters. The van der Waals surface area contributed by atoms with E-state index in [1.54, 1.807) is 0 Å². The molecule has 4 heteroatoms. The maximum absolute atomic E-state index is 5.93. The molecule has 1 aromatic carbocycles. The summed E-state index contributed by atoms with van der Waals surface area (Å²) >= 11 is 15.0. The first kappa shape index (κ1) is 13.1. The number of benzene rings is 1. The fourth-order valence-electron chi connectivity index (χ4n) is 1.09. The molecule has 1 rings (SSSR count). The number of ether oxygens (including phenoxy) is 1. The summed E-state index contributed by atoms with van der Waals surface area (Å²) < 4.78 is 4.63. The summed E-state index contributed by atoms with van der Waals surface area (Å²) in [4.78, 5) is 0. The minimum atomic E-state index is -1.07. The summed E-state index contributed by atoms with van der Waals surface area (Å²) in [6.45, 7) is 5.97. The topological polar surface area (TPSA) is 9.23 Å². The van der Waals surface area contributed by atoms with E-state index in [1.165, 1.54) is 0 Å². The van der Waals surface area contributed by atoms with Crippen LogP contribution in [-0.4, -0.2) is 5.60 Å². The first-order valence-electron chi connectivity index (χ1n) is 4.55. The molecule has 0 aliphatic carbocycles. The summed E-state index contributed by atoms with van der Waals surface area (Å²) in [6.07, 6.45) is 0. The molecule has 1 aromatic rings. The van der Waals surface area contributed by atoms with Gasteiger partial charge in [0.2, 0.25) is 0 Å². The minimum Gasteiger partial charge on any atom is -0.488 e. The van der Waals surface area contributed by atoms with Crippen molar-refractivity contribution in [2.24, 2.45) is 0 Å². The molecule has 15 heavy (non-hydrogen) atoms. The Morgan fingerprint density at radius 2 is 1.80 bits per heavy atom. The highest BCUT2D eigenvalue weighted by Crippen LogP contribution is 2.41. The Kier molecular flexibility index (Phi) is 3.96. The van der Waals surface area contributed by atoms with E-state index >= 15 is 0 Å². The number of hydrogen-bond donors (Lipinski definition) is 0. The monoisotopic (exact) mass is 310 g/mol. The van der Waals surface area contributed by atoms with Crippen LogP contribution < -0.4 is 4.74 Å². The smallest absolute Gasteiger partial charge is 0.197 e. The molecule has 0 unspecified atom stereocenters. The lowest BCUT2D eigenvalue weighted by molar-refractivity contribution is 0.131. The molecule has 1 nitrogen and oxygen atoms in total. The van der Waals surface area contributed by atoms with E-state index in [4.69, 9.17) is 27.9 Å². The van der Waals surface area contributed by atoms with Crippen molar-refractivity contribution in [1.82, 2.24) is 0 Å². The zero-order valence-corrected chi connectivity index (χ0v) is 11.9. The van der Waals surface area contributed by atoms with Crippen LogP contribution in [0, 0.1) is 0 Å². The minimum absolute atomic E-state index is 0.230. The second-order valence-corrected chi connectivity index (χ2v) is 7.67. The van der Waals surface area contributed by atoms with Gasteiger partial charge in [-0.05, 0) is 48.8 Å². The van der Waals surface area contributed by atoms with Crippen LogP contribution in [-0.2, 0) is 3.24 Å².